The number of alkyl halides is 3. The average molecular weight is 470 g/mol. The average Bonchev–Trinajstić information content (AvgIpc) is 2.78. The molecule has 178 valence electrons. The lowest BCUT2D eigenvalue weighted by Crippen LogP contribution is -2.38. The number of hydrogen-bond acceptors (Lipinski definition) is 3. The molecule has 0 amide bonds. The summed E-state index contributed by atoms with van der Waals surface area (Å²) >= 11 is 0. The maximum Gasteiger partial charge on any atom is 0.416 e. The third-order valence-electron chi connectivity index (χ3n) is 5.52. The fraction of sp³-hybridized carbons (Fsp3) is 0.259. The zero-order chi connectivity index (χ0) is 25.1. The second-order valence-corrected chi connectivity index (χ2v) is 8.59. The fourth-order valence-corrected chi connectivity index (χ4v) is 3.37. The molecular formula is C27H25F3O4. The Morgan fingerprint density at radius 2 is 1.44 bits per heavy atom. The van der Waals surface area contributed by atoms with E-state index in [1.54, 1.807) is 25.1 Å². The summed E-state index contributed by atoms with van der Waals surface area (Å²) in [6.45, 7) is 4.66. The van der Waals surface area contributed by atoms with Crippen LogP contribution in [0.25, 0.3) is 11.1 Å². The summed E-state index contributed by atoms with van der Waals surface area (Å²) in [6, 6.07) is 17.3. The molecule has 4 nitrogen and oxygen atoms in total. The molecule has 3 aromatic rings. The van der Waals surface area contributed by atoms with Gasteiger partial charge in [0, 0.05) is 12.0 Å². The number of hydrogen-bond donors (Lipinski definition) is 1. The Morgan fingerprint density at radius 3 is 1.94 bits per heavy atom. The van der Waals surface area contributed by atoms with Crippen LogP contribution in [0.3, 0.4) is 0 Å². The highest BCUT2D eigenvalue weighted by Crippen LogP contribution is 2.31. The molecule has 0 aliphatic heterocycles. The summed E-state index contributed by atoms with van der Waals surface area (Å²) in [5.74, 6) is -0.738. The van der Waals surface area contributed by atoms with Gasteiger partial charge in [-0.25, -0.2) is 4.79 Å². The number of carboxylic acids is 1. The predicted octanol–water partition coefficient (Wildman–Crippen LogP) is 6.74. The molecule has 0 saturated heterocycles. The molecule has 1 N–H and O–H groups in total. The number of carboxylic acid groups (broad SMARTS) is 1. The van der Waals surface area contributed by atoms with Crippen LogP contribution in [-0.2, 0) is 17.4 Å². The lowest BCUT2D eigenvalue weighted by Gasteiger charge is -2.22. The number of ether oxygens (including phenoxy) is 1. The lowest BCUT2D eigenvalue weighted by molar-refractivity contribution is -0.152. The quantitative estimate of drug-likeness (QED) is 0.371. The van der Waals surface area contributed by atoms with Crippen molar-refractivity contribution in [3.63, 3.8) is 0 Å². The predicted molar refractivity (Wildman–Crippen MR) is 123 cm³/mol. The van der Waals surface area contributed by atoms with Gasteiger partial charge in [-0.2, -0.15) is 13.2 Å². The Bertz CT molecular complexity index is 1180. The number of ketones is 1. The number of halogens is 3. The summed E-state index contributed by atoms with van der Waals surface area (Å²) in [4.78, 5) is 23.9. The molecule has 0 aliphatic rings. The van der Waals surface area contributed by atoms with E-state index in [0.29, 0.717) is 28.9 Å². The van der Waals surface area contributed by atoms with Crippen molar-refractivity contribution in [3.8, 4) is 16.9 Å². The van der Waals surface area contributed by atoms with E-state index in [1.165, 1.54) is 26.0 Å². The smallest absolute Gasteiger partial charge is 0.416 e. The molecule has 0 aromatic heterocycles. The second kappa shape index (κ2) is 9.71. The first kappa shape index (κ1) is 25.0. The van der Waals surface area contributed by atoms with E-state index in [4.69, 9.17) is 4.74 Å². The van der Waals surface area contributed by atoms with Crippen LogP contribution in [0, 0.1) is 6.92 Å². The number of aliphatic carboxylic acids is 1. The Balaban J connectivity index is 1.62. The number of benzene rings is 3. The van der Waals surface area contributed by atoms with E-state index in [0.717, 1.165) is 23.3 Å². The van der Waals surface area contributed by atoms with Crippen LogP contribution >= 0.6 is 0 Å². The van der Waals surface area contributed by atoms with Gasteiger partial charge in [-0.05, 0) is 79.8 Å². The van der Waals surface area contributed by atoms with E-state index in [-0.39, 0.29) is 12.2 Å². The molecular weight excluding hydrogens is 445 g/mol. The van der Waals surface area contributed by atoms with Crippen molar-refractivity contribution in [2.45, 2.75) is 45.4 Å². The standard InChI is InChI=1S/C27H25F3O4/c1-17-16-21(11-15-24(17)34-26(2,3)25(32)33)23(31)14-6-18-4-7-19(8-5-18)20-9-12-22(13-10-20)27(28,29)30/h4-5,7-13,15-16H,6,14H2,1-3H3,(H,32,33). The zero-order valence-corrected chi connectivity index (χ0v) is 19.1. The number of carbonyl (C=O) groups excluding carboxylic acids is 1. The molecule has 0 bridgehead atoms. The van der Waals surface area contributed by atoms with Gasteiger partial charge in [-0.15, -0.1) is 0 Å². The Hall–Kier alpha value is -3.61. The lowest BCUT2D eigenvalue weighted by atomic mass is 9.98. The third-order valence-corrected chi connectivity index (χ3v) is 5.52. The van der Waals surface area contributed by atoms with Crippen molar-refractivity contribution < 1.29 is 32.6 Å². The van der Waals surface area contributed by atoms with E-state index < -0.39 is 23.3 Å². The molecule has 3 aromatic carbocycles. The van der Waals surface area contributed by atoms with Gasteiger partial charge in [0.15, 0.2) is 11.4 Å². The van der Waals surface area contributed by atoms with Crippen molar-refractivity contribution in [3.05, 3.63) is 89.0 Å². The van der Waals surface area contributed by atoms with Crippen molar-refractivity contribution in [2.24, 2.45) is 0 Å². The number of carbonyl (C=O) groups is 2. The van der Waals surface area contributed by atoms with Gasteiger partial charge in [-0.1, -0.05) is 36.4 Å². The minimum Gasteiger partial charge on any atom is -0.478 e. The van der Waals surface area contributed by atoms with Crippen LogP contribution < -0.4 is 4.74 Å². The first-order valence-corrected chi connectivity index (χ1v) is 10.7. The van der Waals surface area contributed by atoms with E-state index >= 15 is 0 Å². The molecule has 7 heteroatoms. The van der Waals surface area contributed by atoms with Crippen LogP contribution in [0.2, 0.25) is 0 Å². The van der Waals surface area contributed by atoms with Gasteiger partial charge in [0.25, 0.3) is 0 Å². The SMILES string of the molecule is Cc1cc(C(=O)CCc2ccc(-c3ccc(C(F)(F)F)cc3)cc2)ccc1OC(C)(C)C(=O)O. The van der Waals surface area contributed by atoms with Crippen LogP contribution in [0.1, 0.15) is 47.3 Å². The highest BCUT2D eigenvalue weighted by molar-refractivity contribution is 5.96. The minimum absolute atomic E-state index is 0.0565. The highest BCUT2D eigenvalue weighted by atomic mass is 19.4. The number of rotatable bonds is 8. The largest absolute Gasteiger partial charge is 0.478 e. The van der Waals surface area contributed by atoms with Crippen molar-refractivity contribution in [1.29, 1.82) is 0 Å². The molecule has 0 heterocycles. The van der Waals surface area contributed by atoms with Gasteiger partial charge >= 0.3 is 12.1 Å². The highest BCUT2D eigenvalue weighted by Gasteiger charge is 2.30. The van der Waals surface area contributed by atoms with Crippen molar-refractivity contribution in [1.82, 2.24) is 0 Å². The number of Topliss-reactive ketones (excluding diaryl/α,β-unsaturated/α-hetero) is 1. The van der Waals surface area contributed by atoms with Crippen LogP contribution in [0.5, 0.6) is 5.75 Å². The van der Waals surface area contributed by atoms with E-state index in [2.05, 4.69) is 0 Å². The van der Waals surface area contributed by atoms with Crippen molar-refractivity contribution >= 4 is 11.8 Å². The molecule has 0 spiro atoms. The zero-order valence-electron chi connectivity index (χ0n) is 19.1. The fourth-order valence-electron chi connectivity index (χ4n) is 3.37. The van der Waals surface area contributed by atoms with Gasteiger partial charge in [0.05, 0.1) is 5.56 Å². The summed E-state index contributed by atoms with van der Waals surface area (Å²) in [7, 11) is 0. The first-order valence-electron chi connectivity index (χ1n) is 10.7. The minimum atomic E-state index is -4.37. The molecule has 0 atom stereocenters. The maximum atomic E-state index is 12.7. The Kier molecular flexibility index (Phi) is 7.15. The van der Waals surface area contributed by atoms with E-state index in [1.807, 2.05) is 24.3 Å². The molecule has 3 rings (SSSR count). The Morgan fingerprint density at radius 1 is 0.882 bits per heavy atom. The Labute approximate surface area is 196 Å². The van der Waals surface area contributed by atoms with E-state index in [9.17, 15) is 27.9 Å². The van der Waals surface area contributed by atoms with Crippen LogP contribution in [-0.4, -0.2) is 22.5 Å². The third kappa shape index (κ3) is 6.04. The second-order valence-electron chi connectivity index (χ2n) is 8.59. The number of aryl methyl sites for hydroxylation is 2. The van der Waals surface area contributed by atoms with Gasteiger partial charge in [0.1, 0.15) is 5.75 Å². The van der Waals surface area contributed by atoms with Gasteiger partial charge in [0.2, 0.25) is 0 Å². The maximum absolute atomic E-state index is 12.7. The summed E-state index contributed by atoms with van der Waals surface area (Å²) < 4.78 is 43.7. The first-order chi connectivity index (χ1) is 15.9. The van der Waals surface area contributed by atoms with Gasteiger partial charge in [-0.3, -0.25) is 4.79 Å². The monoisotopic (exact) mass is 470 g/mol. The summed E-state index contributed by atoms with van der Waals surface area (Å²) in [6.07, 6.45) is -3.58. The normalized spacial score (nSPS) is 11.8. The topological polar surface area (TPSA) is 63.6 Å². The van der Waals surface area contributed by atoms with Crippen LogP contribution in [0.4, 0.5) is 13.2 Å². The van der Waals surface area contributed by atoms with Crippen molar-refractivity contribution in [2.75, 3.05) is 0 Å². The summed E-state index contributed by atoms with van der Waals surface area (Å²) in [5, 5.41) is 9.22. The molecule has 0 unspecified atom stereocenters. The molecule has 0 radical (unpaired) electrons. The molecule has 0 fully saturated rings. The molecule has 0 aliphatic carbocycles. The van der Waals surface area contributed by atoms with Crippen LogP contribution in [0.15, 0.2) is 66.7 Å². The van der Waals surface area contributed by atoms with Gasteiger partial charge < -0.3 is 9.84 Å². The summed E-state index contributed by atoms with van der Waals surface area (Å²) in [5.41, 5.74) is 1.51. The molecule has 0 saturated carbocycles. The molecule has 34 heavy (non-hydrogen) atoms.